The van der Waals surface area contributed by atoms with E-state index >= 15 is 0 Å². The minimum atomic E-state index is -3.76. The molecule has 20 heavy (non-hydrogen) atoms. The second kappa shape index (κ2) is 6.40. The van der Waals surface area contributed by atoms with Gasteiger partial charge >= 0.3 is 0 Å². The van der Waals surface area contributed by atoms with Crippen LogP contribution in [0.1, 0.15) is 5.56 Å². The molecule has 0 bridgehead atoms. The molecule has 0 aromatic heterocycles. The molecule has 1 aromatic rings. The minimum absolute atomic E-state index is 0.0401. The molecule has 0 amide bonds. The summed E-state index contributed by atoms with van der Waals surface area (Å²) < 4.78 is 47.7. The van der Waals surface area contributed by atoms with E-state index in [1.165, 1.54) is 25.2 Å². The lowest BCUT2D eigenvalue weighted by Gasteiger charge is -2.17. The summed E-state index contributed by atoms with van der Waals surface area (Å²) in [5.74, 6) is -0.236. The van der Waals surface area contributed by atoms with E-state index in [-0.39, 0.29) is 23.7 Å². The van der Waals surface area contributed by atoms with Crippen molar-refractivity contribution >= 4 is 31.5 Å². The zero-order valence-electron chi connectivity index (χ0n) is 11.2. The molecule has 0 aliphatic rings. The van der Waals surface area contributed by atoms with Crippen LogP contribution in [0.15, 0.2) is 23.1 Å². The molecule has 0 fully saturated rings. The largest absolute Gasteiger partial charge is 0.326 e. The Bertz CT molecular complexity index is 686. The van der Waals surface area contributed by atoms with Crippen molar-refractivity contribution in [3.63, 3.8) is 0 Å². The quantitative estimate of drug-likeness (QED) is 0.811. The van der Waals surface area contributed by atoms with Gasteiger partial charge in [0.1, 0.15) is 9.84 Å². The second-order valence-electron chi connectivity index (χ2n) is 4.41. The lowest BCUT2D eigenvalue weighted by atomic mass is 10.2. The van der Waals surface area contributed by atoms with Gasteiger partial charge in [-0.2, -0.15) is 4.31 Å². The van der Waals surface area contributed by atoms with E-state index in [4.69, 9.17) is 17.3 Å². The number of nitrogens with zero attached hydrogens (tertiary/aromatic N) is 1. The summed E-state index contributed by atoms with van der Waals surface area (Å²) in [5, 5.41) is 0.394. The molecule has 0 aliphatic heterocycles. The van der Waals surface area contributed by atoms with Crippen molar-refractivity contribution in [2.24, 2.45) is 5.73 Å². The lowest BCUT2D eigenvalue weighted by molar-refractivity contribution is 0.484. The molecule has 1 rings (SSSR count). The number of rotatable bonds is 6. The van der Waals surface area contributed by atoms with Gasteiger partial charge in [-0.15, -0.1) is 0 Å². The van der Waals surface area contributed by atoms with Crippen molar-refractivity contribution in [2.75, 3.05) is 25.6 Å². The average molecular weight is 341 g/mol. The number of nitrogens with two attached hydrogens (primary N) is 1. The van der Waals surface area contributed by atoms with Crippen LogP contribution < -0.4 is 5.73 Å². The normalized spacial score (nSPS) is 12.8. The van der Waals surface area contributed by atoms with Gasteiger partial charge in [0.05, 0.1) is 10.6 Å². The zero-order valence-corrected chi connectivity index (χ0v) is 13.6. The van der Waals surface area contributed by atoms with E-state index in [0.717, 1.165) is 10.6 Å². The highest BCUT2D eigenvalue weighted by atomic mass is 35.5. The van der Waals surface area contributed by atoms with Crippen LogP contribution in [0.4, 0.5) is 0 Å². The van der Waals surface area contributed by atoms with Crippen molar-refractivity contribution in [3.05, 3.63) is 28.8 Å². The van der Waals surface area contributed by atoms with Crippen molar-refractivity contribution in [1.82, 2.24) is 4.31 Å². The van der Waals surface area contributed by atoms with Gasteiger partial charge in [0.25, 0.3) is 0 Å². The summed E-state index contributed by atoms with van der Waals surface area (Å²) in [6, 6.07) is 4.23. The van der Waals surface area contributed by atoms with E-state index in [1.54, 1.807) is 0 Å². The van der Waals surface area contributed by atoms with Gasteiger partial charge in [0.15, 0.2) is 0 Å². The summed E-state index contributed by atoms with van der Waals surface area (Å²) in [6.07, 6.45) is 1.06. The Labute approximate surface area is 124 Å². The number of benzene rings is 1. The lowest BCUT2D eigenvalue weighted by Crippen LogP contribution is -2.31. The van der Waals surface area contributed by atoms with Crippen LogP contribution in [0.25, 0.3) is 0 Å². The van der Waals surface area contributed by atoms with E-state index in [0.29, 0.717) is 10.6 Å². The Morgan fingerprint density at radius 2 is 1.85 bits per heavy atom. The first-order valence-corrected chi connectivity index (χ1v) is 9.58. The van der Waals surface area contributed by atoms with E-state index in [1.807, 2.05) is 0 Å². The van der Waals surface area contributed by atoms with Crippen molar-refractivity contribution in [2.45, 2.75) is 11.4 Å². The van der Waals surface area contributed by atoms with Crippen LogP contribution in [0, 0.1) is 0 Å². The SMILES string of the molecule is CN(CCS(C)(=O)=O)S(=O)(=O)c1ccc(Cl)c(CN)c1. The Balaban J connectivity index is 3.04. The maximum absolute atomic E-state index is 12.3. The molecule has 0 aliphatic carbocycles. The predicted octanol–water partition coefficient (Wildman–Crippen LogP) is 0.464. The first-order chi connectivity index (χ1) is 9.08. The summed E-state index contributed by atoms with van der Waals surface area (Å²) in [4.78, 5) is 0.0401. The number of hydrogen-bond acceptors (Lipinski definition) is 5. The number of hydrogen-bond donors (Lipinski definition) is 1. The molecule has 114 valence electrons. The topological polar surface area (TPSA) is 97.5 Å². The van der Waals surface area contributed by atoms with Crippen LogP contribution >= 0.6 is 11.6 Å². The van der Waals surface area contributed by atoms with Gasteiger partial charge in [-0.25, -0.2) is 16.8 Å². The first-order valence-electron chi connectivity index (χ1n) is 5.70. The fourth-order valence-electron chi connectivity index (χ4n) is 1.46. The van der Waals surface area contributed by atoms with Gasteiger partial charge in [0.2, 0.25) is 10.0 Å². The standard InChI is InChI=1S/C11H17ClN2O4S2/c1-14(5-6-19(2,15)16)20(17,18)10-3-4-11(12)9(7-10)8-13/h3-4,7H,5-6,8,13H2,1-2H3. The fourth-order valence-corrected chi connectivity index (χ4v) is 3.60. The minimum Gasteiger partial charge on any atom is -0.326 e. The van der Waals surface area contributed by atoms with Crippen molar-refractivity contribution in [3.8, 4) is 0 Å². The summed E-state index contributed by atoms with van der Waals surface area (Å²) in [7, 11) is -5.65. The summed E-state index contributed by atoms with van der Waals surface area (Å²) in [5.41, 5.74) is 6.00. The predicted molar refractivity (Wildman–Crippen MR) is 78.9 cm³/mol. The average Bonchev–Trinajstić information content (AvgIpc) is 2.35. The molecule has 0 heterocycles. The third kappa shape index (κ3) is 4.42. The molecule has 0 atom stereocenters. The molecular formula is C11H17ClN2O4S2. The third-order valence-electron chi connectivity index (χ3n) is 2.72. The smallest absolute Gasteiger partial charge is 0.242 e. The Morgan fingerprint density at radius 3 is 2.35 bits per heavy atom. The monoisotopic (exact) mass is 340 g/mol. The summed E-state index contributed by atoms with van der Waals surface area (Å²) >= 11 is 5.88. The Kier molecular flexibility index (Phi) is 5.56. The van der Waals surface area contributed by atoms with Gasteiger partial charge in [-0.1, -0.05) is 11.6 Å². The number of sulfonamides is 1. The molecule has 0 unspecified atom stereocenters. The van der Waals surface area contributed by atoms with E-state index in [9.17, 15) is 16.8 Å². The molecular weight excluding hydrogens is 324 g/mol. The zero-order chi connectivity index (χ0) is 15.6. The van der Waals surface area contributed by atoms with Crippen molar-refractivity contribution < 1.29 is 16.8 Å². The fraction of sp³-hybridized carbons (Fsp3) is 0.455. The number of halogens is 1. The molecule has 0 spiro atoms. The van der Waals surface area contributed by atoms with Gasteiger partial charge in [-0.3, -0.25) is 0 Å². The third-order valence-corrected chi connectivity index (χ3v) is 5.87. The van der Waals surface area contributed by atoms with Crippen molar-refractivity contribution in [1.29, 1.82) is 0 Å². The molecule has 0 saturated heterocycles. The van der Waals surface area contributed by atoms with Gasteiger partial charge in [-0.05, 0) is 23.8 Å². The van der Waals surface area contributed by atoms with Crippen LogP contribution in [-0.2, 0) is 26.4 Å². The van der Waals surface area contributed by atoms with Gasteiger partial charge < -0.3 is 5.73 Å². The molecule has 2 N–H and O–H groups in total. The molecule has 9 heteroatoms. The highest BCUT2D eigenvalue weighted by molar-refractivity contribution is 7.91. The summed E-state index contributed by atoms with van der Waals surface area (Å²) in [6.45, 7) is 0.0109. The maximum Gasteiger partial charge on any atom is 0.242 e. The van der Waals surface area contributed by atoms with Crippen LogP contribution in [0.2, 0.25) is 5.02 Å². The highest BCUT2D eigenvalue weighted by Crippen LogP contribution is 2.22. The van der Waals surface area contributed by atoms with Crippen LogP contribution in [0.5, 0.6) is 0 Å². The molecule has 6 nitrogen and oxygen atoms in total. The molecule has 0 radical (unpaired) electrons. The maximum atomic E-state index is 12.3. The van der Waals surface area contributed by atoms with Gasteiger partial charge in [0, 0.05) is 31.4 Å². The van der Waals surface area contributed by atoms with Crippen LogP contribution in [0.3, 0.4) is 0 Å². The Hall–Kier alpha value is -0.670. The second-order valence-corrected chi connectivity index (χ2v) is 9.13. The van der Waals surface area contributed by atoms with Crippen LogP contribution in [-0.4, -0.2) is 46.7 Å². The molecule has 1 aromatic carbocycles. The Morgan fingerprint density at radius 1 is 1.25 bits per heavy atom. The van der Waals surface area contributed by atoms with E-state index < -0.39 is 19.9 Å². The number of sulfone groups is 1. The highest BCUT2D eigenvalue weighted by Gasteiger charge is 2.22. The molecule has 0 saturated carbocycles. The van der Waals surface area contributed by atoms with E-state index in [2.05, 4.69) is 0 Å². The first kappa shape index (κ1) is 17.4.